The number of aldehydes is 1. The molecule has 0 aliphatic heterocycles. The van der Waals surface area contributed by atoms with E-state index in [1.165, 1.54) is 17.4 Å². The molecule has 0 bridgehead atoms. The number of rotatable bonds is 2. The van der Waals surface area contributed by atoms with E-state index in [4.69, 9.17) is 0 Å². The van der Waals surface area contributed by atoms with Crippen LogP contribution in [0.15, 0.2) is 24.3 Å². The number of fused-ring (bicyclic) bond motifs is 1. The molecule has 2 rings (SSSR count). The van der Waals surface area contributed by atoms with Crippen LogP contribution in [0, 0.1) is 0 Å². The summed E-state index contributed by atoms with van der Waals surface area (Å²) >= 11 is 1.22. The minimum atomic E-state index is -4.32. The zero-order valence-electron chi connectivity index (χ0n) is 8.04. The number of hydrogen-bond acceptors (Lipinski definition) is 2. The molecule has 0 saturated heterocycles. The third kappa shape index (κ3) is 2.09. The van der Waals surface area contributed by atoms with Crippen LogP contribution in [-0.4, -0.2) is 6.29 Å². The fraction of sp³-hybridized carbons (Fsp3) is 0.182. The van der Waals surface area contributed by atoms with E-state index < -0.39 is 11.7 Å². The largest absolute Gasteiger partial charge is 0.416 e. The molecule has 0 amide bonds. The van der Waals surface area contributed by atoms with Gasteiger partial charge in [-0.3, -0.25) is 0 Å². The summed E-state index contributed by atoms with van der Waals surface area (Å²) in [4.78, 5) is 11.1. The smallest absolute Gasteiger partial charge is 0.303 e. The number of hydrogen-bond donors (Lipinski definition) is 0. The summed E-state index contributed by atoms with van der Waals surface area (Å²) in [6.45, 7) is 0. The molecule has 2 aromatic rings. The molecule has 0 saturated carbocycles. The summed E-state index contributed by atoms with van der Waals surface area (Å²) in [5.41, 5.74) is -0.653. The van der Waals surface area contributed by atoms with Gasteiger partial charge in [0.1, 0.15) is 6.29 Å². The van der Waals surface area contributed by atoms with Gasteiger partial charge in [-0.2, -0.15) is 13.2 Å². The lowest BCUT2D eigenvalue weighted by Crippen LogP contribution is -2.03. The van der Waals surface area contributed by atoms with Crippen LogP contribution in [-0.2, 0) is 17.4 Å². The normalized spacial score (nSPS) is 11.9. The summed E-state index contributed by atoms with van der Waals surface area (Å²) in [5.74, 6) is 0. The van der Waals surface area contributed by atoms with E-state index in [1.807, 2.05) is 0 Å². The van der Waals surface area contributed by atoms with Crippen LogP contribution in [0.3, 0.4) is 0 Å². The lowest BCUT2D eigenvalue weighted by molar-refractivity contribution is -0.137. The highest BCUT2D eigenvalue weighted by atomic mass is 32.1. The van der Waals surface area contributed by atoms with Gasteiger partial charge in [0.2, 0.25) is 0 Å². The quantitative estimate of drug-likeness (QED) is 0.737. The highest BCUT2D eigenvalue weighted by Gasteiger charge is 2.30. The fourth-order valence-electron chi connectivity index (χ4n) is 1.45. The number of carbonyl (C=O) groups is 1. The van der Waals surface area contributed by atoms with E-state index in [0.717, 1.165) is 28.7 Å². The van der Waals surface area contributed by atoms with Gasteiger partial charge in [-0.25, -0.2) is 0 Å². The average molecular weight is 244 g/mol. The van der Waals surface area contributed by atoms with Crippen molar-refractivity contribution < 1.29 is 18.0 Å². The van der Waals surface area contributed by atoms with Crippen LogP contribution in [0.1, 0.15) is 10.4 Å². The highest BCUT2D eigenvalue weighted by molar-refractivity contribution is 7.19. The molecule has 1 nitrogen and oxygen atoms in total. The van der Waals surface area contributed by atoms with Crippen molar-refractivity contribution in [2.45, 2.75) is 12.6 Å². The van der Waals surface area contributed by atoms with Crippen molar-refractivity contribution in [1.29, 1.82) is 0 Å². The number of carbonyl (C=O) groups excluding carboxylic acids is 1. The molecule has 84 valence electrons. The van der Waals surface area contributed by atoms with Crippen molar-refractivity contribution in [3.63, 3.8) is 0 Å². The van der Waals surface area contributed by atoms with Crippen molar-refractivity contribution in [3.8, 4) is 0 Å². The zero-order chi connectivity index (χ0) is 11.8. The second-order valence-corrected chi connectivity index (χ2v) is 4.50. The first kappa shape index (κ1) is 11.1. The molecule has 0 aliphatic carbocycles. The van der Waals surface area contributed by atoms with E-state index in [-0.39, 0.29) is 6.42 Å². The SMILES string of the molecule is O=CCc1cc2ccc(C(F)(F)F)cc2s1. The standard InChI is InChI=1S/C11H7F3OS/c12-11(13,14)8-2-1-7-5-9(3-4-15)16-10(7)6-8/h1-2,4-6H,3H2. The molecule has 0 atom stereocenters. The van der Waals surface area contributed by atoms with Gasteiger partial charge in [0.15, 0.2) is 0 Å². The maximum absolute atomic E-state index is 12.4. The summed E-state index contributed by atoms with van der Waals surface area (Å²) < 4.78 is 37.8. The predicted molar refractivity (Wildman–Crippen MR) is 56.6 cm³/mol. The zero-order valence-corrected chi connectivity index (χ0v) is 8.86. The summed E-state index contributed by atoms with van der Waals surface area (Å²) in [6.07, 6.45) is -3.32. The van der Waals surface area contributed by atoms with Crippen molar-refractivity contribution in [3.05, 3.63) is 34.7 Å². The number of alkyl halides is 3. The van der Waals surface area contributed by atoms with Crippen molar-refractivity contribution in [2.75, 3.05) is 0 Å². The highest BCUT2D eigenvalue weighted by Crippen LogP contribution is 2.34. The summed E-state index contributed by atoms with van der Waals surface area (Å²) in [5, 5.41) is 0.745. The van der Waals surface area contributed by atoms with Crippen LogP contribution in [0.2, 0.25) is 0 Å². The maximum atomic E-state index is 12.4. The van der Waals surface area contributed by atoms with Crippen LogP contribution in [0.4, 0.5) is 13.2 Å². The van der Waals surface area contributed by atoms with Crippen molar-refractivity contribution in [1.82, 2.24) is 0 Å². The van der Waals surface area contributed by atoms with Crippen LogP contribution in [0.5, 0.6) is 0 Å². The molecule has 0 spiro atoms. The van der Waals surface area contributed by atoms with Crippen LogP contribution < -0.4 is 0 Å². The Labute approximate surface area is 93.5 Å². The first-order valence-electron chi connectivity index (χ1n) is 4.54. The first-order valence-corrected chi connectivity index (χ1v) is 5.35. The fourth-order valence-corrected chi connectivity index (χ4v) is 2.50. The van der Waals surface area contributed by atoms with Gasteiger partial charge in [0.25, 0.3) is 0 Å². The van der Waals surface area contributed by atoms with Gasteiger partial charge in [0, 0.05) is 16.0 Å². The van der Waals surface area contributed by atoms with Crippen molar-refractivity contribution >= 4 is 27.7 Å². The van der Waals surface area contributed by atoms with Gasteiger partial charge in [-0.15, -0.1) is 11.3 Å². The van der Waals surface area contributed by atoms with E-state index in [2.05, 4.69) is 0 Å². The summed E-state index contributed by atoms with van der Waals surface area (Å²) in [7, 11) is 0. The third-order valence-electron chi connectivity index (χ3n) is 2.18. The van der Waals surface area contributed by atoms with Gasteiger partial charge in [-0.05, 0) is 23.6 Å². The minimum absolute atomic E-state index is 0.251. The molecule has 0 fully saturated rings. The number of benzene rings is 1. The number of thiophene rings is 1. The molecular formula is C11H7F3OS. The van der Waals surface area contributed by atoms with Gasteiger partial charge < -0.3 is 4.79 Å². The molecule has 5 heteroatoms. The van der Waals surface area contributed by atoms with E-state index in [1.54, 1.807) is 6.07 Å². The van der Waals surface area contributed by atoms with E-state index in [9.17, 15) is 18.0 Å². The molecule has 0 unspecified atom stereocenters. The Kier molecular flexibility index (Phi) is 2.71. The Morgan fingerprint density at radius 3 is 2.62 bits per heavy atom. The molecule has 1 aromatic carbocycles. The Morgan fingerprint density at radius 2 is 2.00 bits per heavy atom. The molecular weight excluding hydrogens is 237 g/mol. The van der Waals surface area contributed by atoms with E-state index >= 15 is 0 Å². The van der Waals surface area contributed by atoms with E-state index in [0.29, 0.717) is 4.70 Å². The minimum Gasteiger partial charge on any atom is -0.303 e. The molecule has 1 aromatic heterocycles. The molecule has 1 heterocycles. The number of halogens is 3. The third-order valence-corrected chi connectivity index (χ3v) is 3.30. The lowest BCUT2D eigenvalue weighted by atomic mass is 10.1. The second-order valence-electron chi connectivity index (χ2n) is 3.33. The van der Waals surface area contributed by atoms with Crippen LogP contribution in [0.25, 0.3) is 10.1 Å². The Balaban J connectivity index is 2.49. The van der Waals surface area contributed by atoms with Gasteiger partial charge >= 0.3 is 6.18 Å². The molecule has 16 heavy (non-hydrogen) atoms. The second kappa shape index (κ2) is 3.90. The predicted octanol–water partition coefficient (Wildman–Crippen LogP) is 3.66. The van der Waals surface area contributed by atoms with Crippen molar-refractivity contribution in [2.24, 2.45) is 0 Å². The maximum Gasteiger partial charge on any atom is 0.416 e. The Hall–Kier alpha value is -1.36. The van der Waals surface area contributed by atoms with Gasteiger partial charge in [-0.1, -0.05) is 6.07 Å². The molecule has 0 N–H and O–H groups in total. The molecule has 0 radical (unpaired) electrons. The van der Waals surface area contributed by atoms with Gasteiger partial charge in [0.05, 0.1) is 5.56 Å². The Morgan fingerprint density at radius 1 is 1.25 bits per heavy atom. The summed E-state index contributed by atoms with van der Waals surface area (Å²) in [6, 6.07) is 5.35. The first-order chi connectivity index (χ1) is 7.50. The molecule has 0 aliphatic rings. The Bertz CT molecular complexity index is 527. The monoisotopic (exact) mass is 244 g/mol. The topological polar surface area (TPSA) is 17.1 Å². The lowest BCUT2D eigenvalue weighted by Gasteiger charge is -2.05. The average Bonchev–Trinajstić information content (AvgIpc) is 2.57. The van der Waals surface area contributed by atoms with Crippen LogP contribution >= 0.6 is 11.3 Å².